The van der Waals surface area contributed by atoms with Gasteiger partial charge in [-0.05, 0) is 98.5 Å². The summed E-state index contributed by atoms with van der Waals surface area (Å²) in [5.41, 5.74) is 5.36. The number of carbonyl (C=O) groups is 4. The summed E-state index contributed by atoms with van der Waals surface area (Å²) >= 11 is 0. The van der Waals surface area contributed by atoms with Crippen molar-refractivity contribution in [3.05, 3.63) is 106 Å². The Labute approximate surface area is 313 Å². The van der Waals surface area contributed by atoms with Crippen LogP contribution in [0.25, 0.3) is 0 Å². The second-order valence-electron chi connectivity index (χ2n) is 14.4. The monoisotopic (exact) mass is 730 g/mol. The molecule has 4 aromatic carbocycles. The van der Waals surface area contributed by atoms with Crippen molar-refractivity contribution >= 4 is 35.0 Å². The Morgan fingerprint density at radius 2 is 0.833 bits per heavy atom. The Kier molecular flexibility index (Phi) is 8.50. The van der Waals surface area contributed by atoms with E-state index in [1.165, 1.54) is 24.0 Å². The number of amides is 4. The number of carbonyl (C=O) groups excluding carboxylic acids is 4. The molecule has 4 aliphatic rings. The lowest BCUT2D eigenvalue weighted by Gasteiger charge is -2.36. The molecule has 4 aliphatic heterocycles. The molecule has 0 aliphatic carbocycles. The number of methoxy groups -OCH3 is 4. The zero-order chi connectivity index (χ0) is 38.3. The Balaban J connectivity index is 1.41. The first kappa shape index (κ1) is 35.3. The quantitative estimate of drug-likeness (QED) is 0.218. The van der Waals surface area contributed by atoms with Crippen molar-refractivity contribution in [1.82, 2.24) is 10.0 Å². The number of imide groups is 2. The number of rotatable bonds is 8. The van der Waals surface area contributed by atoms with E-state index in [0.717, 1.165) is 22.3 Å². The van der Waals surface area contributed by atoms with Crippen molar-refractivity contribution in [2.45, 2.75) is 51.9 Å². The Morgan fingerprint density at radius 3 is 1.19 bits per heavy atom. The van der Waals surface area contributed by atoms with Crippen LogP contribution in [0.1, 0.15) is 45.5 Å². The smallest absolute Gasteiger partial charge is 0.253 e. The summed E-state index contributed by atoms with van der Waals surface area (Å²) in [6.45, 7) is 7.54. The minimum absolute atomic E-state index is 0.418. The highest BCUT2D eigenvalue weighted by molar-refractivity contribution is 6.26. The third kappa shape index (κ3) is 4.96. The molecule has 12 nitrogen and oxygen atoms in total. The van der Waals surface area contributed by atoms with Gasteiger partial charge in [-0.15, -0.1) is 0 Å². The van der Waals surface area contributed by atoms with Crippen LogP contribution in [0.2, 0.25) is 0 Å². The Hall–Kier alpha value is -5.72. The fourth-order valence-electron chi connectivity index (χ4n) is 8.99. The third-order valence-corrected chi connectivity index (χ3v) is 11.4. The first-order valence-corrected chi connectivity index (χ1v) is 17.9. The predicted molar refractivity (Wildman–Crippen MR) is 200 cm³/mol. The van der Waals surface area contributed by atoms with Gasteiger partial charge in [0.1, 0.15) is 35.1 Å². The molecule has 0 bridgehead atoms. The first-order valence-electron chi connectivity index (χ1n) is 17.9. The van der Waals surface area contributed by atoms with Gasteiger partial charge in [0.05, 0.1) is 63.7 Å². The summed E-state index contributed by atoms with van der Waals surface area (Å²) in [5, 5.41) is 3.62. The highest BCUT2D eigenvalue weighted by atomic mass is 16.5. The number of hydrazine groups is 1. The largest absolute Gasteiger partial charge is 0.497 e. The molecule has 0 aromatic heterocycles. The first-order chi connectivity index (χ1) is 25.9. The van der Waals surface area contributed by atoms with Crippen LogP contribution in [0.3, 0.4) is 0 Å². The minimum atomic E-state index is -1.10. The van der Waals surface area contributed by atoms with E-state index in [-0.39, 0.29) is 0 Å². The summed E-state index contributed by atoms with van der Waals surface area (Å²) in [7, 11) is 6.14. The average molecular weight is 731 g/mol. The summed E-state index contributed by atoms with van der Waals surface area (Å²) in [6, 6.07) is 17.8. The van der Waals surface area contributed by atoms with E-state index >= 15 is 19.2 Å². The summed E-state index contributed by atoms with van der Waals surface area (Å²) in [4.78, 5) is 62.9. The number of benzene rings is 4. The maximum atomic E-state index is 15.1. The van der Waals surface area contributed by atoms with Crippen LogP contribution in [-0.4, -0.2) is 74.2 Å². The van der Waals surface area contributed by atoms with Crippen LogP contribution < -0.4 is 28.7 Å². The lowest BCUT2D eigenvalue weighted by Crippen LogP contribution is -2.50. The molecule has 0 spiro atoms. The molecule has 12 heteroatoms. The molecule has 6 unspecified atom stereocenters. The minimum Gasteiger partial charge on any atom is -0.497 e. The zero-order valence-electron chi connectivity index (χ0n) is 31.4. The van der Waals surface area contributed by atoms with Crippen LogP contribution in [0.5, 0.6) is 23.0 Å². The average Bonchev–Trinajstić information content (AvgIpc) is 3.84. The molecular weight excluding hydrogens is 688 g/mol. The molecule has 4 amide bonds. The van der Waals surface area contributed by atoms with Crippen LogP contribution in [0, 0.1) is 39.5 Å². The summed E-state index contributed by atoms with van der Waals surface area (Å²) in [5.74, 6) is -1.88. The van der Waals surface area contributed by atoms with Gasteiger partial charge < -0.3 is 18.9 Å². The summed E-state index contributed by atoms with van der Waals surface area (Å²) < 4.78 is 23.1. The number of hydrogen-bond acceptors (Lipinski definition) is 10. The van der Waals surface area contributed by atoms with Gasteiger partial charge in [-0.3, -0.25) is 19.2 Å². The molecule has 0 saturated carbocycles. The van der Waals surface area contributed by atoms with Crippen molar-refractivity contribution in [3.63, 3.8) is 0 Å². The Bertz CT molecular complexity index is 2100. The predicted octanol–water partition coefficient (Wildman–Crippen LogP) is 5.40. The normalized spacial score (nSPS) is 25.0. The molecule has 4 aromatic rings. The van der Waals surface area contributed by atoms with Crippen molar-refractivity contribution in [2.75, 3.05) is 38.2 Å². The van der Waals surface area contributed by atoms with Crippen LogP contribution in [-0.2, 0) is 19.2 Å². The fraction of sp³-hybridized carbons (Fsp3) is 0.333. The molecule has 54 heavy (non-hydrogen) atoms. The maximum absolute atomic E-state index is 15.1. The number of hydrogen-bond donors (Lipinski definition) is 0. The molecule has 0 radical (unpaired) electrons. The van der Waals surface area contributed by atoms with Gasteiger partial charge in [0.15, 0.2) is 0 Å². The molecule has 4 fully saturated rings. The lowest BCUT2D eigenvalue weighted by molar-refractivity contribution is -0.136. The van der Waals surface area contributed by atoms with E-state index in [0.29, 0.717) is 45.5 Å². The molecule has 6 atom stereocenters. The van der Waals surface area contributed by atoms with E-state index in [1.54, 1.807) is 50.6 Å². The van der Waals surface area contributed by atoms with Crippen LogP contribution in [0.4, 0.5) is 11.4 Å². The van der Waals surface area contributed by atoms with Gasteiger partial charge in [-0.25, -0.2) is 19.8 Å². The number of ether oxygens (including phenoxy) is 4. The molecule has 8 rings (SSSR count). The van der Waals surface area contributed by atoms with Gasteiger partial charge in [-0.1, -0.05) is 24.3 Å². The van der Waals surface area contributed by atoms with Gasteiger partial charge in [-0.2, -0.15) is 0 Å². The summed E-state index contributed by atoms with van der Waals surface area (Å²) in [6.07, 6.45) is 0. The SMILES string of the molecule is COc1ccc(OC)c(C2C3C(=O)N(c4cc(C)ccc4C)C(=O)C3N3C(c4cc(OC)ccc4OC)C4C(=O)N(c5cc(C)ccc5C)C(=O)C4N23)c1. The van der Waals surface area contributed by atoms with E-state index < -0.39 is 59.6 Å². The standard InChI is InChI=1S/C42H42N4O8/c1-21-9-11-23(3)29(17-21)43-39(47)33-35(27-19-25(51-5)13-15-31(27)53-7)46-38-34(40(48)44(42(38)50)30-18-22(2)10-12-24(30)4)36(45(46)37(33)41(43)49)28-20-26(52-6)14-16-32(28)54-8/h9-20,33-38H,1-8H3. The number of nitrogens with zero attached hydrogens (tertiary/aromatic N) is 4. The molecule has 4 saturated heterocycles. The van der Waals surface area contributed by atoms with Crippen molar-refractivity contribution in [1.29, 1.82) is 0 Å². The van der Waals surface area contributed by atoms with Crippen molar-refractivity contribution in [2.24, 2.45) is 11.8 Å². The van der Waals surface area contributed by atoms with Crippen molar-refractivity contribution in [3.8, 4) is 23.0 Å². The maximum Gasteiger partial charge on any atom is 0.253 e. The zero-order valence-corrected chi connectivity index (χ0v) is 31.4. The molecule has 0 N–H and O–H groups in total. The van der Waals surface area contributed by atoms with Gasteiger partial charge in [0.25, 0.3) is 11.8 Å². The van der Waals surface area contributed by atoms with E-state index in [1.807, 2.05) is 74.1 Å². The van der Waals surface area contributed by atoms with Gasteiger partial charge in [0, 0.05) is 11.1 Å². The van der Waals surface area contributed by atoms with E-state index in [4.69, 9.17) is 18.9 Å². The number of fused-ring (bicyclic) bond motifs is 5. The number of anilines is 2. The van der Waals surface area contributed by atoms with Crippen molar-refractivity contribution < 1.29 is 38.1 Å². The number of aryl methyl sites for hydroxylation is 4. The second-order valence-corrected chi connectivity index (χ2v) is 14.4. The van der Waals surface area contributed by atoms with Gasteiger partial charge in [0.2, 0.25) is 11.8 Å². The topological polar surface area (TPSA) is 118 Å². The highest BCUT2D eigenvalue weighted by Crippen LogP contribution is 2.62. The third-order valence-electron chi connectivity index (χ3n) is 11.4. The molecule has 4 heterocycles. The van der Waals surface area contributed by atoms with E-state index in [9.17, 15) is 0 Å². The van der Waals surface area contributed by atoms with Crippen LogP contribution in [0.15, 0.2) is 72.8 Å². The molecule has 278 valence electrons. The lowest BCUT2D eigenvalue weighted by atomic mass is 9.83. The fourth-order valence-corrected chi connectivity index (χ4v) is 8.99. The second kappa shape index (κ2) is 13.0. The highest BCUT2D eigenvalue weighted by Gasteiger charge is 2.74. The van der Waals surface area contributed by atoms with Gasteiger partial charge >= 0.3 is 0 Å². The van der Waals surface area contributed by atoms with E-state index in [2.05, 4.69) is 0 Å². The van der Waals surface area contributed by atoms with Crippen LogP contribution >= 0.6 is 0 Å². The Morgan fingerprint density at radius 1 is 0.444 bits per heavy atom. The molecular formula is C42H42N4O8.